The molecule has 2 aromatic carbocycles. The van der Waals surface area contributed by atoms with Gasteiger partial charge in [-0.05, 0) is 46.8 Å². The van der Waals surface area contributed by atoms with Gasteiger partial charge in [-0.1, -0.05) is 24.3 Å². The van der Waals surface area contributed by atoms with Crippen LogP contribution in [0.25, 0.3) is 6.08 Å². The Kier molecular flexibility index (Phi) is 5.14. The fourth-order valence-electron chi connectivity index (χ4n) is 2.38. The van der Waals surface area contributed by atoms with Crippen LogP contribution in [-0.4, -0.2) is 33.9 Å². The fourth-order valence-corrected chi connectivity index (χ4v) is 3.37. The summed E-state index contributed by atoms with van der Waals surface area (Å²) < 4.78 is 0. The third-order valence-electron chi connectivity index (χ3n) is 3.79. The summed E-state index contributed by atoms with van der Waals surface area (Å²) in [7, 11) is 1.50. The normalized spacial score (nSPS) is 16.8. The predicted octanol–water partition coefficient (Wildman–Crippen LogP) is 1.27. The van der Waals surface area contributed by atoms with Gasteiger partial charge < -0.3 is 15.0 Å². The first-order chi connectivity index (χ1) is 13.3. The highest BCUT2D eigenvalue weighted by Gasteiger charge is 2.30. The van der Waals surface area contributed by atoms with Gasteiger partial charge in [0.05, 0.1) is 21.5 Å². The van der Waals surface area contributed by atoms with Crippen LogP contribution in [0.15, 0.2) is 52.4 Å². The molecule has 0 aliphatic carbocycles. The van der Waals surface area contributed by atoms with Gasteiger partial charge in [-0.3, -0.25) is 19.8 Å². The minimum atomic E-state index is -1.34. The van der Waals surface area contributed by atoms with Crippen molar-refractivity contribution in [2.75, 3.05) is 7.05 Å². The van der Waals surface area contributed by atoms with Gasteiger partial charge in [-0.2, -0.15) is 0 Å². The number of carboxylic acids is 1. The van der Waals surface area contributed by atoms with Crippen molar-refractivity contribution in [2.45, 2.75) is 0 Å². The maximum absolute atomic E-state index is 12.4. The summed E-state index contributed by atoms with van der Waals surface area (Å²) in [5, 5.41) is 33.6. The maximum Gasteiger partial charge on any atom is 0.266 e. The smallest absolute Gasteiger partial charge is 0.266 e. The van der Waals surface area contributed by atoms with Crippen LogP contribution >= 0.6 is 11.8 Å². The molecule has 142 valence electrons. The molecule has 0 N–H and O–H groups in total. The van der Waals surface area contributed by atoms with Crippen LogP contribution in [0.5, 0.6) is 5.75 Å². The van der Waals surface area contributed by atoms with Crippen LogP contribution in [0.4, 0.5) is 11.4 Å². The number of carbonyl (C=O) groups excluding carboxylic acids is 2. The lowest BCUT2D eigenvalue weighted by molar-refractivity contribution is -0.398. The first kappa shape index (κ1) is 19.1. The molecule has 0 radical (unpaired) electrons. The zero-order chi connectivity index (χ0) is 20.4. The average molecular weight is 397 g/mol. The van der Waals surface area contributed by atoms with E-state index in [1.54, 1.807) is 6.07 Å². The molecule has 10 heteroatoms. The highest BCUT2D eigenvalue weighted by molar-refractivity contribution is 8.18. The largest absolute Gasteiger partial charge is 0.868 e. The zero-order valence-electron chi connectivity index (χ0n) is 14.3. The molecule has 1 aliphatic rings. The number of aromatic carboxylic acids is 1. The number of carbonyl (C=O) groups is 2. The van der Waals surface area contributed by atoms with Crippen LogP contribution in [0.2, 0.25) is 0 Å². The molecule has 0 bridgehead atoms. The van der Waals surface area contributed by atoms with Gasteiger partial charge >= 0.3 is 0 Å². The number of amides is 1. The van der Waals surface area contributed by atoms with E-state index in [0.717, 1.165) is 23.9 Å². The lowest BCUT2D eigenvalue weighted by Crippen LogP contribution is -2.23. The Hall–Kier alpha value is -3.66. The van der Waals surface area contributed by atoms with E-state index in [2.05, 4.69) is 4.99 Å². The molecule has 9 nitrogen and oxygen atoms in total. The number of thioether (sulfide) groups is 1. The summed E-state index contributed by atoms with van der Waals surface area (Å²) in [5.41, 5.74) is 0.0398. The molecule has 1 aliphatic heterocycles. The van der Waals surface area contributed by atoms with Gasteiger partial charge in [0.15, 0.2) is 5.17 Å². The summed E-state index contributed by atoms with van der Waals surface area (Å²) >= 11 is 1.03. The minimum absolute atomic E-state index is 0.0420. The van der Waals surface area contributed by atoms with Crippen LogP contribution in [0, 0.1) is 10.1 Å². The molecular weight excluding hydrogens is 386 g/mol. The molecule has 28 heavy (non-hydrogen) atoms. The average Bonchev–Trinajstić information content (AvgIpc) is 2.91. The van der Waals surface area contributed by atoms with Crippen molar-refractivity contribution in [3.8, 4) is 5.75 Å². The SMILES string of the molecule is CN1C(=O)/C(=C/c2ccc([O-])c([N+](=O)[O-])c2)SC1=Nc1cccc(C(=O)[O-])c1. The van der Waals surface area contributed by atoms with Crippen molar-refractivity contribution in [3.63, 3.8) is 0 Å². The van der Waals surface area contributed by atoms with E-state index in [0.29, 0.717) is 16.4 Å². The summed E-state index contributed by atoms with van der Waals surface area (Å²) in [6.07, 6.45) is 1.43. The second-order valence-corrected chi connectivity index (χ2v) is 6.70. The van der Waals surface area contributed by atoms with Crippen molar-refractivity contribution in [1.29, 1.82) is 0 Å². The monoisotopic (exact) mass is 397 g/mol. The van der Waals surface area contributed by atoms with Crippen LogP contribution in [-0.2, 0) is 4.79 Å². The molecule has 1 saturated heterocycles. The van der Waals surface area contributed by atoms with Crippen molar-refractivity contribution in [2.24, 2.45) is 4.99 Å². The third-order valence-corrected chi connectivity index (χ3v) is 4.85. The van der Waals surface area contributed by atoms with Gasteiger partial charge in [-0.25, -0.2) is 4.99 Å². The lowest BCUT2D eigenvalue weighted by atomic mass is 10.1. The molecular formula is C18H11N3O6S-2. The molecule has 0 atom stereocenters. The van der Waals surface area contributed by atoms with Crippen molar-refractivity contribution >= 4 is 46.3 Å². The predicted molar refractivity (Wildman–Crippen MR) is 98.7 cm³/mol. The second kappa shape index (κ2) is 7.53. The standard InChI is InChI=1S/C18H13N3O6S/c1-20-16(23)15(8-10-5-6-14(22)13(7-10)21(26)27)28-18(20)19-12-4-2-3-11(9-12)17(24)25/h2-9,22H,1H3,(H,24,25)/p-2/b15-8-,19-18?. The number of nitro groups is 1. The Morgan fingerprint density at radius 2 is 2.00 bits per heavy atom. The first-order valence-electron chi connectivity index (χ1n) is 7.79. The molecule has 0 spiro atoms. The van der Waals surface area contributed by atoms with Gasteiger partial charge in [0.1, 0.15) is 0 Å². The number of hydrogen-bond acceptors (Lipinski definition) is 8. The van der Waals surface area contributed by atoms with E-state index in [-0.39, 0.29) is 16.4 Å². The van der Waals surface area contributed by atoms with Crippen molar-refractivity contribution < 1.29 is 24.7 Å². The summed E-state index contributed by atoms with van der Waals surface area (Å²) in [4.78, 5) is 39.3. The van der Waals surface area contributed by atoms with E-state index in [1.807, 2.05) is 0 Å². The van der Waals surface area contributed by atoms with Gasteiger partial charge in [0, 0.05) is 13.1 Å². The van der Waals surface area contributed by atoms with Gasteiger partial charge in [-0.15, -0.1) is 0 Å². The number of nitro benzene ring substituents is 1. The van der Waals surface area contributed by atoms with E-state index in [1.165, 1.54) is 42.3 Å². The number of likely N-dealkylation sites (N-methyl/N-ethyl adjacent to an activating group) is 1. The minimum Gasteiger partial charge on any atom is -0.868 e. The number of rotatable bonds is 4. The number of hydrogen-bond donors (Lipinski definition) is 0. The molecule has 0 unspecified atom stereocenters. The Bertz CT molecular complexity index is 1060. The molecule has 3 rings (SSSR count). The van der Waals surface area contributed by atoms with Crippen molar-refractivity contribution in [1.82, 2.24) is 4.90 Å². The Balaban J connectivity index is 1.92. The Morgan fingerprint density at radius 1 is 1.25 bits per heavy atom. The molecule has 1 heterocycles. The lowest BCUT2D eigenvalue weighted by Gasteiger charge is -2.08. The van der Waals surface area contributed by atoms with E-state index in [4.69, 9.17) is 0 Å². The summed E-state index contributed by atoms with van der Waals surface area (Å²) in [6.45, 7) is 0. The van der Waals surface area contributed by atoms with E-state index in [9.17, 15) is 29.9 Å². The number of aliphatic imine (C=N–C) groups is 1. The van der Waals surface area contributed by atoms with Gasteiger partial charge in [0.25, 0.3) is 11.6 Å². The van der Waals surface area contributed by atoms with Crippen LogP contribution < -0.4 is 10.2 Å². The zero-order valence-corrected chi connectivity index (χ0v) is 15.1. The third kappa shape index (κ3) is 3.86. The Morgan fingerprint density at radius 3 is 2.68 bits per heavy atom. The summed E-state index contributed by atoms with van der Waals surface area (Å²) in [5.74, 6) is -2.44. The highest BCUT2D eigenvalue weighted by Crippen LogP contribution is 2.34. The quantitative estimate of drug-likeness (QED) is 0.430. The molecule has 2 aromatic rings. The second-order valence-electron chi connectivity index (χ2n) is 5.69. The number of nitrogens with zero attached hydrogens (tertiary/aromatic N) is 3. The first-order valence-corrected chi connectivity index (χ1v) is 8.61. The van der Waals surface area contributed by atoms with Gasteiger partial charge in [0.2, 0.25) is 0 Å². The van der Waals surface area contributed by atoms with E-state index >= 15 is 0 Å². The molecule has 0 aromatic heterocycles. The number of carboxylic acid groups (broad SMARTS) is 1. The number of benzene rings is 2. The van der Waals surface area contributed by atoms with Crippen molar-refractivity contribution in [3.05, 3.63) is 68.6 Å². The molecule has 0 saturated carbocycles. The topological polar surface area (TPSA) is 139 Å². The number of amidine groups is 1. The fraction of sp³-hybridized carbons (Fsp3) is 0.0556. The van der Waals surface area contributed by atoms with Crippen LogP contribution in [0.1, 0.15) is 15.9 Å². The molecule has 1 fully saturated rings. The Labute approximate surface area is 162 Å². The highest BCUT2D eigenvalue weighted by atomic mass is 32.2. The van der Waals surface area contributed by atoms with Crippen LogP contribution in [0.3, 0.4) is 0 Å². The van der Waals surface area contributed by atoms with E-state index < -0.39 is 22.3 Å². The maximum atomic E-state index is 12.4. The summed E-state index contributed by atoms with van der Waals surface area (Å²) in [6, 6.07) is 9.32. The molecule has 1 amide bonds.